The molecule has 0 saturated carbocycles. The van der Waals surface area contributed by atoms with Crippen LogP contribution in [-0.4, -0.2) is 10.7 Å². The van der Waals surface area contributed by atoms with Crippen LogP contribution in [0.3, 0.4) is 0 Å². The lowest BCUT2D eigenvalue weighted by Crippen LogP contribution is -2.13. The first-order valence-electron chi connectivity index (χ1n) is 5.48. The highest BCUT2D eigenvalue weighted by molar-refractivity contribution is 6.12. The highest BCUT2D eigenvalue weighted by atomic mass is 16.6. The molecule has 0 radical (unpaired) electrons. The first-order chi connectivity index (χ1) is 9.13. The zero-order valence-electron chi connectivity index (χ0n) is 9.87. The number of non-ortho nitro benzene ring substituents is 1. The molecule has 0 aliphatic rings. The van der Waals surface area contributed by atoms with Gasteiger partial charge in [-0.1, -0.05) is 30.3 Å². The smallest absolute Gasteiger partial charge is 0.270 e. The SMILES string of the molecule is NNc1ccc([N+](=O)[O-])cc1C(=O)c1ccccc1. The molecule has 0 aromatic heterocycles. The molecule has 0 atom stereocenters. The van der Waals surface area contributed by atoms with E-state index in [9.17, 15) is 14.9 Å². The fraction of sp³-hybridized carbons (Fsp3) is 0. The van der Waals surface area contributed by atoms with Crippen LogP contribution >= 0.6 is 0 Å². The van der Waals surface area contributed by atoms with Gasteiger partial charge in [-0.25, -0.2) is 0 Å². The summed E-state index contributed by atoms with van der Waals surface area (Å²) < 4.78 is 0. The quantitative estimate of drug-likeness (QED) is 0.378. The largest absolute Gasteiger partial charge is 0.323 e. The third kappa shape index (κ3) is 2.58. The van der Waals surface area contributed by atoms with Crippen molar-refractivity contribution in [3.63, 3.8) is 0 Å². The predicted molar refractivity (Wildman–Crippen MR) is 70.8 cm³/mol. The zero-order chi connectivity index (χ0) is 13.8. The Morgan fingerprint density at radius 2 is 1.84 bits per heavy atom. The van der Waals surface area contributed by atoms with Gasteiger partial charge in [-0.05, 0) is 6.07 Å². The van der Waals surface area contributed by atoms with Crippen LogP contribution in [0.2, 0.25) is 0 Å². The number of nitrogens with one attached hydrogen (secondary N) is 1. The van der Waals surface area contributed by atoms with E-state index in [0.29, 0.717) is 11.3 Å². The highest BCUT2D eigenvalue weighted by Crippen LogP contribution is 2.24. The van der Waals surface area contributed by atoms with Gasteiger partial charge in [0.15, 0.2) is 5.78 Å². The van der Waals surface area contributed by atoms with Crippen molar-refractivity contribution in [3.05, 3.63) is 69.8 Å². The Bertz CT molecular complexity index is 626. The Morgan fingerprint density at radius 1 is 1.16 bits per heavy atom. The summed E-state index contributed by atoms with van der Waals surface area (Å²) >= 11 is 0. The molecule has 6 heteroatoms. The number of benzene rings is 2. The fourth-order valence-corrected chi connectivity index (χ4v) is 1.70. The number of ketones is 1. The summed E-state index contributed by atoms with van der Waals surface area (Å²) in [5, 5.41) is 10.8. The molecule has 2 rings (SSSR count). The molecule has 2 aromatic carbocycles. The molecule has 0 aliphatic carbocycles. The van der Waals surface area contributed by atoms with Crippen molar-refractivity contribution < 1.29 is 9.72 Å². The number of hydrogen-bond acceptors (Lipinski definition) is 5. The molecule has 96 valence electrons. The van der Waals surface area contributed by atoms with Crippen LogP contribution in [0.4, 0.5) is 11.4 Å². The number of nitro benzene ring substituents is 1. The summed E-state index contributed by atoms with van der Waals surface area (Å²) in [6.45, 7) is 0. The number of carbonyl (C=O) groups is 1. The summed E-state index contributed by atoms with van der Waals surface area (Å²) in [5.74, 6) is 5.00. The van der Waals surface area contributed by atoms with E-state index in [1.165, 1.54) is 18.2 Å². The van der Waals surface area contributed by atoms with Gasteiger partial charge in [-0.2, -0.15) is 0 Å². The molecule has 0 saturated heterocycles. The Labute approximate surface area is 109 Å². The van der Waals surface area contributed by atoms with Crippen LogP contribution in [0.15, 0.2) is 48.5 Å². The second-order valence-electron chi connectivity index (χ2n) is 3.83. The van der Waals surface area contributed by atoms with Gasteiger partial charge in [0.1, 0.15) is 0 Å². The average molecular weight is 257 g/mol. The number of hydrazine groups is 1. The van der Waals surface area contributed by atoms with Gasteiger partial charge in [0.05, 0.1) is 16.2 Å². The van der Waals surface area contributed by atoms with Gasteiger partial charge in [0.25, 0.3) is 5.69 Å². The van der Waals surface area contributed by atoms with E-state index in [1.807, 2.05) is 0 Å². The highest BCUT2D eigenvalue weighted by Gasteiger charge is 2.17. The minimum atomic E-state index is -0.554. The maximum atomic E-state index is 12.3. The van der Waals surface area contributed by atoms with Gasteiger partial charge in [0, 0.05) is 17.7 Å². The minimum absolute atomic E-state index is 0.154. The Hall–Kier alpha value is -2.73. The van der Waals surface area contributed by atoms with E-state index in [0.717, 1.165) is 0 Å². The molecule has 0 unspecified atom stereocenters. The van der Waals surface area contributed by atoms with Crippen molar-refractivity contribution in [2.75, 3.05) is 5.43 Å². The van der Waals surface area contributed by atoms with E-state index >= 15 is 0 Å². The zero-order valence-corrected chi connectivity index (χ0v) is 9.87. The molecule has 0 bridgehead atoms. The summed E-state index contributed by atoms with van der Waals surface area (Å²) in [7, 11) is 0. The Kier molecular flexibility index (Phi) is 3.53. The number of carbonyl (C=O) groups excluding carboxylic acids is 1. The van der Waals surface area contributed by atoms with Crippen molar-refractivity contribution in [1.29, 1.82) is 0 Å². The number of rotatable bonds is 4. The van der Waals surface area contributed by atoms with Crippen LogP contribution in [0.1, 0.15) is 15.9 Å². The first kappa shape index (κ1) is 12.7. The van der Waals surface area contributed by atoms with Crippen molar-refractivity contribution in [2.24, 2.45) is 5.84 Å². The van der Waals surface area contributed by atoms with E-state index < -0.39 is 4.92 Å². The standard InChI is InChI=1S/C13H11N3O3/c14-15-12-7-6-10(16(18)19)8-11(12)13(17)9-4-2-1-3-5-9/h1-8,15H,14H2. The summed E-state index contributed by atoms with van der Waals surface area (Å²) in [4.78, 5) is 22.5. The molecule has 6 nitrogen and oxygen atoms in total. The Morgan fingerprint density at radius 3 is 2.42 bits per heavy atom. The predicted octanol–water partition coefficient (Wildman–Crippen LogP) is 2.11. The van der Waals surface area contributed by atoms with Crippen molar-refractivity contribution in [1.82, 2.24) is 0 Å². The van der Waals surface area contributed by atoms with Crippen LogP contribution in [-0.2, 0) is 0 Å². The first-order valence-corrected chi connectivity index (χ1v) is 5.48. The molecule has 0 fully saturated rings. The molecule has 19 heavy (non-hydrogen) atoms. The van der Waals surface area contributed by atoms with Crippen LogP contribution < -0.4 is 11.3 Å². The molecular formula is C13H11N3O3. The molecule has 0 heterocycles. The van der Waals surface area contributed by atoms with Gasteiger partial charge in [-0.3, -0.25) is 20.8 Å². The van der Waals surface area contributed by atoms with Gasteiger partial charge < -0.3 is 5.43 Å². The molecule has 0 aliphatic heterocycles. The molecule has 3 N–H and O–H groups in total. The van der Waals surface area contributed by atoms with Gasteiger partial charge >= 0.3 is 0 Å². The topological polar surface area (TPSA) is 98.3 Å². The lowest BCUT2D eigenvalue weighted by atomic mass is 10.0. The number of nitrogen functional groups attached to an aromatic ring is 1. The number of anilines is 1. The maximum absolute atomic E-state index is 12.3. The van der Waals surface area contributed by atoms with E-state index in [-0.39, 0.29) is 17.0 Å². The van der Waals surface area contributed by atoms with Crippen molar-refractivity contribution in [3.8, 4) is 0 Å². The summed E-state index contributed by atoms with van der Waals surface area (Å²) in [5.41, 5.74) is 3.17. The van der Waals surface area contributed by atoms with Crippen LogP contribution in [0.25, 0.3) is 0 Å². The lowest BCUT2D eigenvalue weighted by Gasteiger charge is -2.07. The fourth-order valence-electron chi connectivity index (χ4n) is 1.70. The molecule has 2 aromatic rings. The maximum Gasteiger partial charge on any atom is 0.270 e. The summed E-state index contributed by atoms with van der Waals surface area (Å²) in [6.07, 6.45) is 0. The molecule has 0 spiro atoms. The molecule has 0 amide bonds. The number of nitro groups is 1. The monoisotopic (exact) mass is 257 g/mol. The normalized spacial score (nSPS) is 9.95. The van der Waals surface area contributed by atoms with Crippen LogP contribution in [0.5, 0.6) is 0 Å². The van der Waals surface area contributed by atoms with E-state index in [4.69, 9.17) is 5.84 Å². The second kappa shape index (κ2) is 5.28. The summed E-state index contributed by atoms with van der Waals surface area (Å²) in [6, 6.07) is 12.4. The third-order valence-corrected chi connectivity index (χ3v) is 2.65. The van der Waals surface area contributed by atoms with E-state index in [1.54, 1.807) is 30.3 Å². The minimum Gasteiger partial charge on any atom is -0.323 e. The third-order valence-electron chi connectivity index (χ3n) is 2.65. The lowest BCUT2D eigenvalue weighted by molar-refractivity contribution is -0.384. The van der Waals surface area contributed by atoms with Crippen molar-refractivity contribution in [2.45, 2.75) is 0 Å². The van der Waals surface area contributed by atoms with E-state index in [2.05, 4.69) is 5.43 Å². The second-order valence-corrected chi connectivity index (χ2v) is 3.83. The van der Waals surface area contributed by atoms with Crippen LogP contribution in [0, 0.1) is 10.1 Å². The van der Waals surface area contributed by atoms with Crippen molar-refractivity contribution >= 4 is 17.2 Å². The number of nitrogens with zero attached hydrogens (tertiary/aromatic N) is 1. The number of hydrogen-bond donors (Lipinski definition) is 2. The number of nitrogens with two attached hydrogens (primary N) is 1. The van der Waals surface area contributed by atoms with Gasteiger partial charge in [-0.15, -0.1) is 0 Å². The molecular weight excluding hydrogens is 246 g/mol. The van der Waals surface area contributed by atoms with Gasteiger partial charge in [0.2, 0.25) is 0 Å². The Balaban J connectivity index is 2.51. The average Bonchev–Trinajstić information content (AvgIpc) is 2.46.